The lowest BCUT2D eigenvalue weighted by Gasteiger charge is -2.45. The van der Waals surface area contributed by atoms with Crippen LogP contribution in [0.3, 0.4) is 0 Å². The van der Waals surface area contributed by atoms with Gasteiger partial charge in [-0.3, -0.25) is 0 Å². The van der Waals surface area contributed by atoms with Gasteiger partial charge >= 0.3 is 0 Å². The quantitative estimate of drug-likeness (QED) is 0.164. The Morgan fingerprint density at radius 1 is 0.403 bits per heavy atom. The lowest BCUT2D eigenvalue weighted by atomic mass is 9.33. The van der Waals surface area contributed by atoms with Crippen LogP contribution < -0.4 is 26.2 Å². The molecular weight excluding hydrogens is 768 g/mol. The molecule has 0 fully saturated rings. The first kappa shape index (κ1) is 40.5. The molecule has 10 rings (SSSR count). The zero-order valence-electron chi connectivity index (χ0n) is 38.7. The number of anilines is 6. The van der Waals surface area contributed by atoms with E-state index in [1.807, 2.05) is 11.3 Å². The minimum Gasteiger partial charge on any atom is -0.311 e. The fourth-order valence-corrected chi connectivity index (χ4v) is 11.0. The van der Waals surface area contributed by atoms with Crippen molar-refractivity contribution in [3.05, 3.63) is 162 Å². The highest BCUT2D eigenvalue weighted by atomic mass is 32.1. The van der Waals surface area contributed by atoms with Gasteiger partial charge in [-0.2, -0.15) is 0 Å². The van der Waals surface area contributed by atoms with E-state index in [0.717, 1.165) is 0 Å². The normalized spacial score (nSPS) is 14.0. The molecule has 2 nitrogen and oxygen atoms in total. The van der Waals surface area contributed by atoms with Gasteiger partial charge in [0, 0.05) is 54.3 Å². The van der Waals surface area contributed by atoms with Crippen molar-refractivity contribution in [1.29, 1.82) is 0 Å². The molecule has 0 saturated heterocycles. The standard InChI is InChI=1S/C58H59BN2S/c1-55(2,3)37-22-28-42(29-23-37)60-47-31-25-38(56(4,5)6)32-46(47)59-45-30-24-39(57(7,8)9)33-48(45)61(50-35-40(58(10,11)12)34-49(60)54(50)59)41-26-20-36(21-27-41)43-17-15-19-52-53(43)44-16-13-14-18-51(44)62-52/h13-35H,1-12H3. The Kier molecular flexibility index (Phi) is 9.12. The highest BCUT2D eigenvalue weighted by Gasteiger charge is 2.45. The summed E-state index contributed by atoms with van der Waals surface area (Å²) in [5.41, 5.74) is 19.3. The van der Waals surface area contributed by atoms with Crippen molar-refractivity contribution >= 4 is 88.7 Å². The van der Waals surface area contributed by atoms with E-state index in [2.05, 4.69) is 232 Å². The number of hydrogen-bond donors (Lipinski definition) is 0. The molecule has 7 aromatic carbocycles. The average Bonchev–Trinajstić information content (AvgIpc) is 3.61. The number of benzene rings is 7. The Balaban J connectivity index is 1.25. The Labute approximate surface area is 374 Å². The number of thiophene rings is 1. The molecule has 0 spiro atoms. The van der Waals surface area contributed by atoms with Crippen LogP contribution in [0.1, 0.15) is 105 Å². The van der Waals surface area contributed by atoms with Gasteiger partial charge in [-0.05, 0) is 132 Å². The third-order valence-electron chi connectivity index (χ3n) is 13.5. The Hall–Kier alpha value is -5.58. The molecule has 3 heterocycles. The smallest absolute Gasteiger partial charge is 0.252 e. The molecule has 0 aliphatic carbocycles. The maximum absolute atomic E-state index is 2.60. The highest BCUT2D eigenvalue weighted by Crippen LogP contribution is 2.48. The van der Waals surface area contributed by atoms with Crippen molar-refractivity contribution in [2.24, 2.45) is 0 Å². The maximum Gasteiger partial charge on any atom is 0.252 e. The summed E-state index contributed by atoms with van der Waals surface area (Å²) >= 11 is 1.88. The summed E-state index contributed by atoms with van der Waals surface area (Å²) < 4.78 is 2.66. The van der Waals surface area contributed by atoms with Crippen LogP contribution in [0.5, 0.6) is 0 Å². The molecule has 310 valence electrons. The largest absolute Gasteiger partial charge is 0.311 e. The van der Waals surface area contributed by atoms with E-state index < -0.39 is 0 Å². The molecule has 0 radical (unpaired) electrons. The number of hydrogen-bond acceptors (Lipinski definition) is 3. The van der Waals surface area contributed by atoms with Crippen LogP contribution in [0, 0.1) is 0 Å². The van der Waals surface area contributed by atoms with Crippen molar-refractivity contribution < 1.29 is 0 Å². The van der Waals surface area contributed by atoms with Gasteiger partial charge in [0.15, 0.2) is 0 Å². The van der Waals surface area contributed by atoms with E-state index in [0.29, 0.717) is 0 Å². The van der Waals surface area contributed by atoms with Crippen LogP contribution in [0.25, 0.3) is 31.3 Å². The van der Waals surface area contributed by atoms with E-state index in [-0.39, 0.29) is 28.4 Å². The maximum atomic E-state index is 2.60. The Bertz CT molecular complexity index is 3050. The summed E-state index contributed by atoms with van der Waals surface area (Å²) in [7, 11) is 0. The molecule has 0 amide bonds. The first-order chi connectivity index (χ1) is 29.3. The molecular formula is C58H59BN2S. The second-order valence-corrected chi connectivity index (χ2v) is 23.0. The number of rotatable bonds is 3. The zero-order valence-corrected chi connectivity index (χ0v) is 39.5. The molecule has 0 bridgehead atoms. The second-order valence-electron chi connectivity index (χ2n) is 21.9. The fraction of sp³-hybridized carbons (Fsp3) is 0.276. The van der Waals surface area contributed by atoms with Crippen LogP contribution in [0.15, 0.2) is 140 Å². The highest BCUT2D eigenvalue weighted by molar-refractivity contribution is 7.26. The van der Waals surface area contributed by atoms with Gasteiger partial charge in [-0.1, -0.05) is 162 Å². The van der Waals surface area contributed by atoms with Gasteiger partial charge in [0.05, 0.1) is 0 Å². The van der Waals surface area contributed by atoms with Crippen molar-refractivity contribution in [3.63, 3.8) is 0 Å². The van der Waals surface area contributed by atoms with Gasteiger partial charge in [0.1, 0.15) is 0 Å². The summed E-state index contributed by atoms with van der Waals surface area (Å²) in [5.74, 6) is 0. The van der Waals surface area contributed by atoms with Gasteiger partial charge in [0.2, 0.25) is 0 Å². The van der Waals surface area contributed by atoms with E-state index in [1.165, 1.54) is 104 Å². The summed E-state index contributed by atoms with van der Waals surface area (Å²) in [6.45, 7) is 28.1. The predicted octanol–water partition coefficient (Wildman–Crippen LogP) is 15.0. The number of fused-ring (bicyclic) bond motifs is 7. The summed E-state index contributed by atoms with van der Waals surface area (Å²) in [6.07, 6.45) is 0. The number of nitrogens with zero attached hydrogens (tertiary/aromatic N) is 2. The van der Waals surface area contributed by atoms with Crippen molar-refractivity contribution in [2.45, 2.75) is 105 Å². The lowest BCUT2D eigenvalue weighted by Crippen LogP contribution is -2.61. The molecule has 1 aromatic heterocycles. The van der Waals surface area contributed by atoms with Crippen LogP contribution in [0.4, 0.5) is 34.1 Å². The lowest BCUT2D eigenvalue weighted by molar-refractivity contribution is 0.589. The van der Waals surface area contributed by atoms with Crippen LogP contribution in [-0.2, 0) is 21.7 Å². The first-order valence-corrected chi connectivity index (χ1v) is 23.3. The molecule has 2 aliphatic heterocycles. The Morgan fingerprint density at radius 3 is 1.55 bits per heavy atom. The fourth-order valence-electron chi connectivity index (χ4n) is 9.84. The van der Waals surface area contributed by atoms with Crippen LogP contribution in [0.2, 0.25) is 0 Å². The second kappa shape index (κ2) is 14.0. The molecule has 2 aliphatic rings. The van der Waals surface area contributed by atoms with Crippen molar-refractivity contribution in [2.75, 3.05) is 9.80 Å². The molecule has 0 N–H and O–H groups in total. The van der Waals surface area contributed by atoms with E-state index in [4.69, 9.17) is 0 Å². The van der Waals surface area contributed by atoms with E-state index >= 15 is 0 Å². The van der Waals surface area contributed by atoms with Crippen molar-refractivity contribution in [1.82, 2.24) is 0 Å². The summed E-state index contributed by atoms with van der Waals surface area (Å²) in [4.78, 5) is 5.17. The van der Waals surface area contributed by atoms with Crippen LogP contribution >= 0.6 is 11.3 Å². The minimum atomic E-state index is -0.0930. The molecule has 4 heteroatoms. The third-order valence-corrected chi connectivity index (χ3v) is 14.6. The SMILES string of the molecule is CC(C)(C)c1ccc(N2c3ccc(C(C)(C)C)cc3B3c4ccc(C(C)(C)C)cc4N(c4ccc(-c5cccc6sc7ccccc7c56)cc4)c4cc(C(C)(C)C)cc2c43)cc1. The van der Waals surface area contributed by atoms with Gasteiger partial charge < -0.3 is 9.80 Å². The summed E-state index contributed by atoms with van der Waals surface area (Å²) in [5, 5.41) is 2.67. The predicted molar refractivity (Wildman–Crippen MR) is 274 cm³/mol. The topological polar surface area (TPSA) is 6.48 Å². The van der Waals surface area contributed by atoms with Gasteiger partial charge in [0.25, 0.3) is 6.71 Å². The molecule has 0 saturated carbocycles. The molecule has 8 aromatic rings. The molecule has 0 unspecified atom stereocenters. The summed E-state index contributed by atoms with van der Waals surface area (Å²) in [6, 6.07) is 54.1. The molecule has 0 atom stereocenters. The van der Waals surface area contributed by atoms with E-state index in [9.17, 15) is 0 Å². The van der Waals surface area contributed by atoms with Crippen molar-refractivity contribution in [3.8, 4) is 11.1 Å². The monoisotopic (exact) mass is 826 g/mol. The van der Waals surface area contributed by atoms with Gasteiger partial charge in [-0.25, -0.2) is 0 Å². The Morgan fingerprint density at radius 2 is 0.919 bits per heavy atom. The third kappa shape index (κ3) is 6.60. The van der Waals surface area contributed by atoms with Gasteiger partial charge in [-0.15, -0.1) is 11.3 Å². The first-order valence-electron chi connectivity index (χ1n) is 22.5. The molecule has 62 heavy (non-hydrogen) atoms. The average molecular weight is 827 g/mol. The zero-order chi connectivity index (χ0) is 43.7. The minimum absolute atomic E-state index is 0.00553. The van der Waals surface area contributed by atoms with Crippen LogP contribution in [-0.4, -0.2) is 6.71 Å². The van der Waals surface area contributed by atoms with E-state index in [1.54, 1.807) is 0 Å².